The Morgan fingerprint density at radius 2 is 1.06 bits per heavy atom. The lowest BCUT2D eigenvalue weighted by Crippen LogP contribution is -1.90. The number of halogens is 1. The average molecular weight is 251 g/mol. The molecule has 0 saturated carbocycles. The van der Waals surface area contributed by atoms with E-state index in [2.05, 4.69) is 0 Å². The molecule has 0 N–H and O–H groups in total. The van der Waals surface area contributed by atoms with Gasteiger partial charge in [-0.05, 0) is 28.2 Å². The first kappa shape index (κ1) is 11.5. The van der Waals surface area contributed by atoms with Crippen LogP contribution in [0.5, 0.6) is 0 Å². The van der Waals surface area contributed by atoms with Gasteiger partial charge in [0, 0.05) is 33.7 Å². The number of rotatable bonds is 4. The summed E-state index contributed by atoms with van der Waals surface area (Å²) in [5, 5.41) is 0. The van der Waals surface area contributed by atoms with E-state index >= 15 is 0 Å². The van der Waals surface area contributed by atoms with Gasteiger partial charge in [0.15, 0.2) is 0 Å². The second-order valence-corrected chi connectivity index (χ2v) is 5.20. The summed E-state index contributed by atoms with van der Waals surface area (Å²) in [6, 6.07) is 18.9. The van der Waals surface area contributed by atoms with Crippen molar-refractivity contribution in [1.29, 1.82) is 0 Å². The van der Waals surface area contributed by atoms with Gasteiger partial charge in [0.1, 0.15) is 0 Å². The summed E-state index contributed by atoms with van der Waals surface area (Å²) in [6.45, 7) is 0. The first-order valence-electron chi connectivity index (χ1n) is 4.76. The maximum Gasteiger partial charge on any atom is 0.0264 e. The fourth-order valence-corrected chi connectivity index (χ4v) is 2.70. The Morgan fingerprint density at radius 1 is 0.688 bits per heavy atom. The van der Waals surface area contributed by atoms with E-state index in [1.54, 1.807) is 0 Å². The quantitative estimate of drug-likeness (QED) is 0.578. The lowest BCUT2D eigenvalue weighted by atomic mass is 10.4. The molecule has 0 fully saturated rings. The molecular weight excluding hydrogens is 241 g/mol. The molecule has 0 spiro atoms. The monoisotopic (exact) mass is 251 g/mol. The van der Waals surface area contributed by atoms with Gasteiger partial charge in [0.05, 0.1) is 0 Å². The van der Waals surface area contributed by atoms with E-state index in [4.69, 9.17) is 0 Å². The van der Waals surface area contributed by atoms with Crippen LogP contribution in [0.2, 0.25) is 0 Å². The van der Waals surface area contributed by atoms with Gasteiger partial charge in [-0.25, -0.2) is 0 Å². The van der Waals surface area contributed by atoms with Crippen LogP contribution >= 0.6 is 23.9 Å². The third-order valence-corrected chi connectivity index (χ3v) is 3.54. The van der Waals surface area contributed by atoms with E-state index in [0.717, 1.165) is 33.7 Å². The van der Waals surface area contributed by atoms with Gasteiger partial charge in [-0.15, -0.1) is 4.48 Å². The Bertz CT molecular complexity index is 380. The molecule has 0 amide bonds. The Hall–Kier alpha value is -0.970. The normalized spacial score (nSPS) is 10.6. The van der Waals surface area contributed by atoms with Crippen LogP contribution in [-0.2, 0) is 0 Å². The first-order valence-corrected chi connectivity index (χ1v) is 6.31. The standard InChI is InChI=1S/C12H10FNS2/c13-14(15-11-7-3-1-4-8-11)16-12-9-5-2-6-10-12/h1-10H. The van der Waals surface area contributed by atoms with Crippen LogP contribution in [0.25, 0.3) is 0 Å². The Kier molecular flexibility index (Phi) is 4.27. The zero-order valence-electron chi connectivity index (χ0n) is 8.42. The van der Waals surface area contributed by atoms with Gasteiger partial charge in [-0.2, -0.15) is 0 Å². The van der Waals surface area contributed by atoms with Crippen molar-refractivity contribution in [1.82, 2.24) is 3.93 Å². The predicted molar refractivity (Wildman–Crippen MR) is 67.5 cm³/mol. The van der Waals surface area contributed by atoms with Gasteiger partial charge in [-0.3, -0.25) is 0 Å². The third-order valence-electron chi connectivity index (χ3n) is 1.84. The van der Waals surface area contributed by atoms with E-state index in [1.807, 2.05) is 60.7 Å². The Labute approximate surface area is 103 Å². The minimum Gasteiger partial charge on any atom is -0.110 e. The van der Waals surface area contributed by atoms with Crippen molar-refractivity contribution in [2.24, 2.45) is 0 Å². The molecule has 2 rings (SSSR count). The molecular formula is C12H10FNS2. The minimum absolute atomic E-state index is 0.657. The molecule has 0 aliphatic carbocycles. The molecule has 0 aromatic heterocycles. The summed E-state index contributed by atoms with van der Waals surface area (Å²) in [5.41, 5.74) is 0. The first-order chi connectivity index (χ1) is 7.84. The Morgan fingerprint density at radius 3 is 1.44 bits per heavy atom. The summed E-state index contributed by atoms with van der Waals surface area (Å²) in [6.07, 6.45) is 0. The molecule has 2 aromatic rings. The van der Waals surface area contributed by atoms with E-state index in [-0.39, 0.29) is 0 Å². The zero-order chi connectivity index (χ0) is 11.2. The molecule has 0 saturated heterocycles. The smallest absolute Gasteiger partial charge is 0.0264 e. The number of nitrogens with zero attached hydrogens (tertiary/aromatic N) is 1. The van der Waals surface area contributed by atoms with Crippen LogP contribution in [0.15, 0.2) is 70.5 Å². The highest BCUT2D eigenvalue weighted by Crippen LogP contribution is 2.33. The molecule has 0 radical (unpaired) electrons. The maximum absolute atomic E-state index is 13.5. The van der Waals surface area contributed by atoms with Crippen LogP contribution in [0.4, 0.5) is 4.48 Å². The van der Waals surface area contributed by atoms with Crippen molar-refractivity contribution >= 4 is 23.9 Å². The molecule has 0 atom stereocenters. The molecule has 82 valence electrons. The van der Waals surface area contributed by atoms with Crippen LogP contribution in [0.3, 0.4) is 0 Å². The molecule has 1 nitrogen and oxygen atoms in total. The summed E-state index contributed by atoms with van der Waals surface area (Å²) in [7, 11) is 0. The van der Waals surface area contributed by atoms with Crippen molar-refractivity contribution < 1.29 is 4.48 Å². The molecule has 0 unspecified atom stereocenters. The van der Waals surface area contributed by atoms with E-state index in [1.165, 1.54) is 0 Å². The largest absolute Gasteiger partial charge is 0.110 e. The van der Waals surface area contributed by atoms with Crippen molar-refractivity contribution in [3.63, 3.8) is 0 Å². The van der Waals surface area contributed by atoms with Crippen LogP contribution < -0.4 is 0 Å². The van der Waals surface area contributed by atoms with E-state index < -0.39 is 0 Å². The molecule has 2 aromatic carbocycles. The number of hydrogen-bond acceptors (Lipinski definition) is 3. The van der Waals surface area contributed by atoms with Crippen molar-refractivity contribution in [3.05, 3.63) is 60.7 Å². The van der Waals surface area contributed by atoms with Crippen LogP contribution in [0, 0.1) is 0 Å². The zero-order valence-corrected chi connectivity index (χ0v) is 10.0. The summed E-state index contributed by atoms with van der Waals surface area (Å²) < 4.78 is 14.2. The lowest BCUT2D eigenvalue weighted by molar-refractivity contribution is 0.302. The SMILES string of the molecule is FN(Sc1ccccc1)Sc1ccccc1. The fourth-order valence-electron chi connectivity index (χ4n) is 1.15. The summed E-state index contributed by atoms with van der Waals surface area (Å²) in [4.78, 5) is 1.77. The minimum atomic E-state index is 0.657. The lowest BCUT2D eigenvalue weighted by Gasteiger charge is -2.08. The maximum atomic E-state index is 13.5. The van der Waals surface area contributed by atoms with Crippen molar-refractivity contribution in [3.8, 4) is 0 Å². The fraction of sp³-hybridized carbons (Fsp3) is 0. The number of benzene rings is 2. The second kappa shape index (κ2) is 5.94. The summed E-state index contributed by atoms with van der Waals surface area (Å²) in [5.74, 6) is 0. The number of hydrogen-bond donors (Lipinski definition) is 0. The van der Waals surface area contributed by atoms with Gasteiger partial charge in [0.25, 0.3) is 0 Å². The highest BCUT2D eigenvalue weighted by Gasteiger charge is 2.07. The molecule has 0 aliphatic rings. The van der Waals surface area contributed by atoms with E-state index in [9.17, 15) is 4.48 Å². The Balaban J connectivity index is 1.92. The molecule has 0 aliphatic heterocycles. The van der Waals surface area contributed by atoms with Gasteiger partial charge < -0.3 is 0 Å². The van der Waals surface area contributed by atoms with Crippen molar-refractivity contribution in [2.75, 3.05) is 0 Å². The van der Waals surface area contributed by atoms with E-state index in [0.29, 0.717) is 3.93 Å². The van der Waals surface area contributed by atoms with Crippen LogP contribution in [0.1, 0.15) is 0 Å². The van der Waals surface area contributed by atoms with Crippen LogP contribution in [-0.4, -0.2) is 3.93 Å². The highest BCUT2D eigenvalue weighted by molar-refractivity contribution is 8.11. The highest BCUT2D eigenvalue weighted by atomic mass is 32.2. The average Bonchev–Trinajstić information content (AvgIpc) is 2.31. The topological polar surface area (TPSA) is 3.24 Å². The van der Waals surface area contributed by atoms with Gasteiger partial charge in [0.2, 0.25) is 0 Å². The van der Waals surface area contributed by atoms with Gasteiger partial charge >= 0.3 is 0 Å². The molecule has 0 bridgehead atoms. The second-order valence-electron chi connectivity index (χ2n) is 3.02. The third kappa shape index (κ3) is 3.56. The molecule has 4 heteroatoms. The molecule has 0 heterocycles. The summed E-state index contributed by atoms with van der Waals surface area (Å²) >= 11 is 2.14. The van der Waals surface area contributed by atoms with Crippen molar-refractivity contribution in [2.45, 2.75) is 9.79 Å². The predicted octanol–water partition coefficient (Wildman–Crippen LogP) is 4.59. The van der Waals surface area contributed by atoms with Gasteiger partial charge in [-0.1, -0.05) is 36.4 Å². The molecule has 16 heavy (non-hydrogen) atoms.